The number of carboxylic acid groups (broad SMARTS) is 1. The summed E-state index contributed by atoms with van der Waals surface area (Å²) in [4.78, 5) is 53.7. The van der Waals surface area contributed by atoms with E-state index >= 15 is 0 Å². The number of guanidine groups is 1. The first kappa shape index (κ1) is 32.1. The van der Waals surface area contributed by atoms with Crippen LogP contribution < -0.4 is 33.2 Å². The number of aliphatic carboxylic acids is 1. The fourth-order valence-corrected chi connectivity index (χ4v) is 3.22. The minimum atomic E-state index is -1.38. The Balaban J connectivity index is 5.36. The number of amides is 3. The molecule has 202 valence electrons. The number of aliphatic hydroxyl groups excluding tert-OH is 1. The van der Waals surface area contributed by atoms with Crippen molar-refractivity contribution in [1.29, 1.82) is 0 Å². The van der Waals surface area contributed by atoms with Gasteiger partial charge in [0.15, 0.2) is 5.96 Å². The van der Waals surface area contributed by atoms with Crippen LogP contribution in [0.5, 0.6) is 0 Å². The van der Waals surface area contributed by atoms with Crippen molar-refractivity contribution in [2.75, 3.05) is 6.54 Å². The Morgan fingerprint density at radius 3 is 1.91 bits per heavy atom. The van der Waals surface area contributed by atoms with Crippen LogP contribution in [0, 0.1) is 11.8 Å². The Hall–Kier alpha value is -2.93. The Morgan fingerprint density at radius 2 is 1.46 bits per heavy atom. The van der Waals surface area contributed by atoms with E-state index < -0.39 is 54.0 Å². The molecule has 13 nitrogen and oxygen atoms in total. The van der Waals surface area contributed by atoms with Crippen molar-refractivity contribution in [3.8, 4) is 0 Å². The minimum Gasteiger partial charge on any atom is -0.480 e. The molecule has 0 aromatic rings. The average molecular weight is 502 g/mol. The predicted octanol–water partition coefficient (Wildman–Crippen LogP) is -1.62. The van der Waals surface area contributed by atoms with E-state index in [2.05, 4.69) is 20.9 Å². The van der Waals surface area contributed by atoms with Gasteiger partial charge in [-0.05, 0) is 38.0 Å². The highest BCUT2D eigenvalue weighted by Crippen LogP contribution is 2.11. The molecular formula is C22H43N7O6. The monoisotopic (exact) mass is 501 g/mol. The highest BCUT2D eigenvalue weighted by Gasteiger charge is 2.34. The topological polar surface area (TPSA) is 235 Å². The van der Waals surface area contributed by atoms with E-state index in [1.54, 1.807) is 6.92 Å². The number of carboxylic acids is 1. The summed E-state index contributed by atoms with van der Waals surface area (Å²) in [5, 5.41) is 27.0. The molecule has 6 atom stereocenters. The van der Waals surface area contributed by atoms with E-state index in [1.807, 2.05) is 20.8 Å². The van der Waals surface area contributed by atoms with Crippen molar-refractivity contribution < 1.29 is 29.4 Å². The molecule has 0 fully saturated rings. The maximum absolute atomic E-state index is 12.9. The number of nitrogens with one attached hydrogen (secondary N) is 3. The Morgan fingerprint density at radius 1 is 0.914 bits per heavy atom. The summed E-state index contributed by atoms with van der Waals surface area (Å²) in [6.45, 7) is 8.80. The maximum Gasteiger partial charge on any atom is 0.326 e. The summed E-state index contributed by atoms with van der Waals surface area (Å²) in [5.74, 6) is -3.70. The second-order valence-corrected chi connectivity index (χ2v) is 9.18. The number of nitrogens with two attached hydrogens (primary N) is 3. The first-order valence-corrected chi connectivity index (χ1v) is 11.8. The van der Waals surface area contributed by atoms with Crippen molar-refractivity contribution in [1.82, 2.24) is 16.0 Å². The van der Waals surface area contributed by atoms with Crippen LogP contribution >= 0.6 is 0 Å². The fraction of sp³-hybridized carbons (Fsp3) is 0.773. The molecule has 0 saturated carbocycles. The molecule has 0 rings (SSSR count). The molecule has 0 radical (unpaired) electrons. The van der Waals surface area contributed by atoms with Crippen molar-refractivity contribution in [3.63, 3.8) is 0 Å². The molecule has 13 heteroatoms. The van der Waals surface area contributed by atoms with Gasteiger partial charge in [-0.1, -0.05) is 34.1 Å². The van der Waals surface area contributed by atoms with E-state index in [1.165, 1.54) is 6.92 Å². The summed E-state index contributed by atoms with van der Waals surface area (Å²) < 4.78 is 0. The standard InChI is InChI=1S/C22H43N7O6/c1-6-12(4)16(19(32)27-15(21(34)35)10-11(2)3)28-20(33)17(13(5)30)29-18(31)14(23)8-7-9-26-22(24)25/h11-17,30H,6-10,23H2,1-5H3,(H,27,32)(H,28,33)(H,29,31)(H,34,35)(H4,24,25,26). The molecule has 0 aromatic carbocycles. The first-order chi connectivity index (χ1) is 16.2. The number of hydrogen-bond acceptors (Lipinski definition) is 7. The molecule has 0 spiro atoms. The molecule has 0 heterocycles. The molecule has 0 bridgehead atoms. The molecule has 0 aliphatic rings. The summed E-state index contributed by atoms with van der Waals surface area (Å²) in [7, 11) is 0. The van der Waals surface area contributed by atoms with Gasteiger partial charge >= 0.3 is 5.97 Å². The Bertz CT molecular complexity index is 740. The molecule has 3 amide bonds. The van der Waals surface area contributed by atoms with Crippen LogP contribution in [0.2, 0.25) is 0 Å². The molecule has 0 aliphatic heterocycles. The molecule has 0 aliphatic carbocycles. The zero-order chi connectivity index (χ0) is 27.3. The van der Waals surface area contributed by atoms with Gasteiger partial charge in [0.1, 0.15) is 18.1 Å². The lowest BCUT2D eigenvalue weighted by molar-refractivity contribution is -0.143. The number of carbonyl (C=O) groups excluding carboxylic acids is 3. The van der Waals surface area contributed by atoms with E-state index in [0.717, 1.165) is 0 Å². The highest BCUT2D eigenvalue weighted by atomic mass is 16.4. The quantitative estimate of drug-likeness (QED) is 0.0688. The molecule has 35 heavy (non-hydrogen) atoms. The van der Waals surface area contributed by atoms with Gasteiger partial charge in [-0.2, -0.15) is 0 Å². The van der Waals surface area contributed by atoms with Gasteiger partial charge in [0.2, 0.25) is 17.7 Å². The van der Waals surface area contributed by atoms with Crippen molar-refractivity contribution in [2.24, 2.45) is 34.0 Å². The SMILES string of the molecule is CCC(C)C(NC(=O)C(NC(=O)C(N)CCCN=C(N)N)C(C)O)C(=O)NC(CC(C)C)C(=O)O. The number of rotatable bonds is 16. The van der Waals surface area contributed by atoms with Crippen LogP contribution in [0.4, 0.5) is 0 Å². The normalized spacial score (nSPS) is 16.2. The maximum atomic E-state index is 12.9. The van der Waals surface area contributed by atoms with Gasteiger partial charge in [0.05, 0.1) is 12.1 Å². The zero-order valence-corrected chi connectivity index (χ0v) is 21.3. The lowest BCUT2D eigenvalue weighted by atomic mass is 9.96. The Labute approximate surface area is 206 Å². The summed E-state index contributed by atoms with van der Waals surface area (Å²) in [5.41, 5.74) is 16.4. The molecule has 6 unspecified atom stereocenters. The van der Waals surface area contributed by atoms with Gasteiger partial charge in [-0.25, -0.2) is 4.79 Å². The third-order valence-electron chi connectivity index (χ3n) is 5.48. The smallest absolute Gasteiger partial charge is 0.326 e. The van der Waals surface area contributed by atoms with Gasteiger partial charge in [0.25, 0.3) is 0 Å². The Kier molecular flexibility index (Phi) is 14.5. The van der Waals surface area contributed by atoms with E-state index in [0.29, 0.717) is 12.8 Å². The highest BCUT2D eigenvalue weighted by molar-refractivity contribution is 5.94. The number of aliphatic hydroxyl groups is 1. The summed E-state index contributed by atoms with van der Waals surface area (Å²) >= 11 is 0. The van der Waals surface area contributed by atoms with Crippen LogP contribution in [0.15, 0.2) is 4.99 Å². The zero-order valence-electron chi connectivity index (χ0n) is 21.3. The van der Waals surface area contributed by atoms with Crippen LogP contribution in [0.3, 0.4) is 0 Å². The van der Waals surface area contributed by atoms with E-state index in [9.17, 15) is 29.4 Å². The largest absolute Gasteiger partial charge is 0.480 e. The molecule has 11 N–H and O–H groups in total. The van der Waals surface area contributed by atoms with Crippen LogP contribution in [0.25, 0.3) is 0 Å². The summed E-state index contributed by atoms with van der Waals surface area (Å²) in [6, 6.07) is -4.54. The summed E-state index contributed by atoms with van der Waals surface area (Å²) in [6.07, 6.45) is 0.0971. The first-order valence-electron chi connectivity index (χ1n) is 11.8. The molecule has 0 saturated heterocycles. The van der Waals surface area contributed by atoms with Crippen LogP contribution in [-0.2, 0) is 19.2 Å². The number of aliphatic imine (C=N–C) groups is 1. The molecule has 0 aromatic heterocycles. The van der Waals surface area contributed by atoms with E-state index in [-0.39, 0.29) is 37.2 Å². The van der Waals surface area contributed by atoms with Crippen LogP contribution in [-0.4, -0.2) is 76.7 Å². The fourth-order valence-electron chi connectivity index (χ4n) is 3.22. The second kappa shape index (κ2) is 15.9. The van der Waals surface area contributed by atoms with E-state index in [4.69, 9.17) is 17.2 Å². The number of nitrogens with zero attached hydrogens (tertiary/aromatic N) is 1. The lowest BCUT2D eigenvalue weighted by Crippen LogP contribution is -2.61. The van der Waals surface area contributed by atoms with Gasteiger partial charge in [-0.3, -0.25) is 19.4 Å². The van der Waals surface area contributed by atoms with Crippen LogP contribution in [0.1, 0.15) is 60.3 Å². The van der Waals surface area contributed by atoms with Crippen molar-refractivity contribution in [3.05, 3.63) is 0 Å². The minimum absolute atomic E-state index is 0.0199. The lowest BCUT2D eigenvalue weighted by Gasteiger charge is -2.29. The predicted molar refractivity (Wildman–Crippen MR) is 132 cm³/mol. The van der Waals surface area contributed by atoms with Gasteiger partial charge in [-0.15, -0.1) is 0 Å². The molecular weight excluding hydrogens is 458 g/mol. The van der Waals surface area contributed by atoms with Crippen molar-refractivity contribution in [2.45, 2.75) is 90.6 Å². The van der Waals surface area contributed by atoms with Crippen molar-refractivity contribution >= 4 is 29.7 Å². The van der Waals surface area contributed by atoms with Gasteiger partial charge < -0.3 is 43.4 Å². The van der Waals surface area contributed by atoms with Gasteiger partial charge in [0, 0.05) is 6.54 Å². The second-order valence-electron chi connectivity index (χ2n) is 9.18. The number of hydrogen-bond donors (Lipinski definition) is 8. The number of carbonyl (C=O) groups is 4. The average Bonchev–Trinajstić information content (AvgIpc) is 2.76. The third-order valence-corrected chi connectivity index (χ3v) is 5.48. The third kappa shape index (κ3) is 12.4.